The minimum atomic E-state index is -0.529. The number of amides is 2. The number of hydrogen-bond acceptors (Lipinski definition) is 5. The van der Waals surface area contributed by atoms with E-state index in [1.807, 2.05) is 41.5 Å². The fraction of sp³-hybridized carbons (Fsp3) is 0.875. The lowest BCUT2D eigenvalue weighted by Gasteiger charge is -2.25. The molecule has 0 aliphatic heterocycles. The standard InChI is InChI=1S/C16H31N3O4/c1-15(2,3)22-13(20)17-10-11-8-7-9-12(11)18-19-14(21)23-16(4,5)6/h11-12,18H,7-10H2,1-6H3,(H,17,20)(H,19,21). The zero-order chi connectivity index (χ0) is 17.7. The molecule has 0 spiro atoms. The topological polar surface area (TPSA) is 88.7 Å². The van der Waals surface area contributed by atoms with Gasteiger partial charge in [0.15, 0.2) is 0 Å². The number of hydrogen-bond donors (Lipinski definition) is 3. The fourth-order valence-electron chi connectivity index (χ4n) is 2.46. The minimum absolute atomic E-state index is 0.109. The monoisotopic (exact) mass is 329 g/mol. The van der Waals surface area contributed by atoms with Gasteiger partial charge in [-0.2, -0.15) is 0 Å². The quantitative estimate of drug-likeness (QED) is 0.690. The van der Waals surface area contributed by atoms with Crippen LogP contribution in [0.1, 0.15) is 60.8 Å². The first-order valence-electron chi connectivity index (χ1n) is 8.18. The van der Waals surface area contributed by atoms with Gasteiger partial charge in [0.1, 0.15) is 11.2 Å². The molecule has 0 heterocycles. The summed E-state index contributed by atoms with van der Waals surface area (Å²) in [6.07, 6.45) is 2.07. The molecule has 2 amide bonds. The van der Waals surface area contributed by atoms with E-state index in [4.69, 9.17) is 9.47 Å². The number of carbonyl (C=O) groups is 2. The molecule has 0 aromatic rings. The first-order valence-corrected chi connectivity index (χ1v) is 8.18. The van der Waals surface area contributed by atoms with E-state index in [2.05, 4.69) is 16.2 Å². The average molecular weight is 329 g/mol. The van der Waals surface area contributed by atoms with Crippen molar-refractivity contribution in [3.05, 3.63) is 0 Å². The van der Waals surface area contributed by atoms with Crippen molar-refractivity contribution in [2.24, 2.45) is 5.92 Å². The summed E-state index contributed by atoms with van der Waals surface area (Å²) in [6, 6.07) is 0.109. The first-order chi connectivity index (χ1) is 10.5. The molecule has 1 rings (SSSR count). The van der Waals surface area contributed by atoms with Crippen LogP contribution in [0.25, 0.3) is 0 Å². The predicted molar refractivity (Wildman–Crippen MR) is 87.9 cm³/mol. The van der Waals surface area contributed by atoms with Gasteiger partial charge in [-0.25, -0.2) is 15.0 Å². The van der Waals surface area contributed by atoms with Crippen molar-refractivity contribution in [3.8, 4) is 0 Å². The van der Waals surface area contributed by atoms with Crippen LogP contribution in [-0.2, 0) is 9.47 Å². The van der Waals surface area contributed by atoms with Crippen LogP contribution in [0.2, 0.25) is 0 Å². The molecule has 134 valence electrons. The zero-order valence-electron chi connectivity index (χ0n) is 15.1. The number of carbonyl (C=O) groups excluding carboxylic acids is 2. The highest BCUT2D eigenvalue weighted by Crippen LogP contribution is 2.24. The second-order valence-electron chi connectivity index (χ2n) is 7.95. The maximum absolute atomic E-state index is 11.7. The Labute approximate surface area is 138 Å². The third-order valence-corrected chi connectivity index (χ3v) is 3.33. The Kier molecular flexibility index (Phi) is 6.68. The van der Waals surface area contributed by atoms with Crippen LogP contribution in [0.15, 0.2) is 0 Å². The Hall–Kier alpha value is -1.50. The van der Waals surface area contributed by atoms with E-state index in [-0.39, 0.29) is 12.0 Å². The number of ether oxygens (including phenoxy) is 2. The maximum atomic E-state index is 11.7. The lowest BCUT2D eigenvalue weighted by Crippen LogP contribution is -2.49. The Morgan fingerprint density at radius 2 is 1.52 bits per heavy atom. The summed E-state index contributed by atoms with van der Waals surface area (Å²) in [5, 5.41) is 2.79. The van der Waals surface area contributed by atoms with Gasteiger partial charge in [0.05, 0.1) is 0 Å². The van der Waals surface area contributed by atoms with Crippen LogP contribution in [0.3, 0.4) is 0 Å². The Morgan fingerprint density at radius 3 is 2.09 bits per heavy atom. The first kappa shape index (κ1) is 19.5. The van der Waals surface area contributed by atoms with Crippen LogP contribution >= 0.6 is 0 Å². The van der Waals surface area contributed by atoms with E-state index in [0.29, 0.717) is 6.54 Å². The van der Waals surface area contributed by atoms with Crippen molar-refractivity contribution in [3.63, 3.8) is 0 Å². The summed E-state index contributed by atoms with van der Waals surface area (Å²) >= 11 is 0. The molecular formula is C16H31N3O4. The van der Waals surface area contributed by atoms with Crippen LogP contribution in [0.4, 0.5) is 9.59 Å². The van der Waals surface area contributed by atoms with Crippen LogP contribution in [0, 0.1) is 5.92 Å². The highest BCUT2D eigenvalue weighted by Gasteiger charge is 2.29. The molecule has 1 fully saturated rings. The average Bonchev–Trinajstić information content (AvgIpc) is 2.77. The summed E-state index contributed by atoms with van der Waals surface area (Å²) in [5.74, 6) is 0.248. The molecule has 0 radical (unpaired) electrons. The molecule has 2 atom stereocenters. The van der Waals surface area contributed by atoms with E-state index in [1.165, 1.54) is 0 Å². The van der Waals surface area contributed by atoms with Crippen molar-refractivity contribution in [1.82, 2.24) is 16.2 Å². The highest BCUT2D eigenvalue weighted by atomic mass is 16.6. The van der Waals surface area contributed by atoms with Crippen LogP contribution in [-0.4, -0.2) is 36.0 Å². The van der Waals surface area contributed by atoms with Gasteiger partial charge >= 0.3 is 12.2 Å². The van der Waals surface area contributed by atoms with Crippen molar-refractivity contribution in [2.45, 2.75) is 78.0 Å². The van der Waals surface area contributed by atoms with E-state index in [9.17, 15) is 9.59 Å². The number of alkyl carbamates (subject to hydrolysis) is 1. The van der Waals surface area contributed by atoms with Crippen LogP contribution < -0.4 is 16.2 Å². The number of nitrogens with one attached hydrogen (secondary N) is 3. The molecule has 1 aliphatic carbocycles. The van der Waals surface area contributed by atoms with Gasteiger partial charge in [0.2, 0.25) is 0 Å². The molecule has 1 saturated carbocycles. The summed E-state index contributed by atoms with van der Waals surface area (Å²) in [5.41, 5.74) is 4.56. The fourth-order valence-corrected chi connectivity index (χ4v) is 2.46. The third kappa shape index (κ3) is 8.64. The predicted octanol–water partition coefficient (Wildman–Crippen LogP) is 2.71. The lowest BCUT2D eigenvalue weighted by atomic mass is 10.0. The molecule has 2 unspecified atom stereocenters. The van der Waals surface area contributed by atoms with Crippen molar-refractivity contribution in [2.75, 3.05) is 6.54 Å². The molecule has 0 bridgehead atoms. The number of hydrazine groups is 1. The number of rotatable bonds is 4. The molecule has 7 nitrogen and oxygen atoms in total. The van der Waals surface area contributed by atoms with Gasteiger partial charge in [-0.3, -0.25) is 5.43 Å². The Bertz CT molecular complexity index is 375. The van der Waals surface area contributed by atoms with E-state index < -0.39 is 23.4 Å². The summed E-state index contributed by atoms with van der Waals surface area (Å²) in [7, 11) is 0. The van der Waals surface area contributed by atoms with E-state index >= 15 is 0 Å². The van der Waals surface area contributed by atoms with E-state index in [1.54, 1.807) is 0 Å². The molecular weight excluding hydrogens is 298 g/mol. The second-order valence-corrected chi connectivity index (χ2v) is 7.95. The molecule has 23 heavy (non-hydrogen) atoms. The van der Waals surface area contributed by atoms with E-state index in [0.717, 1.165) is 19.3 Å². The lowest BCUT2D eigenvalue weighted by molar-refractivity contribution is 0.0465. The minimum Gasteiger partial charge on any atom is -0.444 e. The smallest absolute Gasteiger partial charge is 0.422 e. The SMILES string of the molecule is CC(C)(C)OC(=O)NCC1CCCC1NNC(=O)OC(C)(C)C. The maximum Gasteiger partial charge on any atom is 0.422 e. The van der Waals surface area contributed by atoms with Crippen molar-refractivity contribution < 1.29 is 19.1 Å². The van der Waals surface area contributed by atoms with Gasteiger partial charge in [0, 0.05) is 12.6 Å². The van der Waals surface area contributed by atoms with Crippen LogP contribution in [0.5, 0.6) is 0 Å². The van der Waals surface area contributed by atoms with Crippen molar-refractivity contribution in [1.29, 1.82) is 0 Å². The van der Waals surface area contributed by atoms with Gasteiger partial charge in [-0.1, -0.05) is 6.42 Å². The molecule has 7 heteroatoms. The molecule has 1 aliphatic rings. The Balaban J connectivity index is 2.34. The van der Waals surface area contributed by atoms with Crippen molar-refractivity contribution >= 4 is 12.2 Å². The molecule has 0 aromatic carbocycles. The van der Waals surface area contributed by atoms with Gasteiger partial charge < -0.3 is 14.8 Å². The second kappa shape index (κ2) is 7.86. The highest BCUT2D eigenvalue weighted by molar-refractivity contribution is 5.67. The van der Waals surface area contributed by atoms with Gasteiger partial charge in [0.25, 0.3) is 0 Å². The third-order valence-electron chi connectivity index (χ3n) is 3.33. The zero-order valence-corrected chi connectivity index (χ0v) is 15.1. The summed E-state index contributed by atoms with van der Waals surface area (Å²) in [6.45, 7) is 11.5. The Morgan fingerprint density at radius 1 is 0.957 bits per heavy atom. The molecule has 0 aromatic heterocycles. The summed E-state index contributed by atoms with van der Waals surface area (Å²) < 4.78 is 10.4. The molecule has 3 N–H and O–H groups in total. The summed E-state index contributed by atoms with van der Waals surface area (Å²) in [4.78, 5) is 23.4. The largest absolute Gasteiger partial charge is 0.444 e. The van der Waals surface area contributed by atoms with Gasteiger partial charge in [-0.05, 0) is 60.3 Å². The molecule has 0 saturated heterocycles. The normalized spacial score (nSPS) is 21.7. The van der Waals surface area contributed by atoms with Gasteiger partial charge in [-0.15, -0.1) is 0 Å².